The largest absolute Gasteiger partial charge is 0.486 e. The summed E-state index contributed by atoms with van der Waals surface area (Å²) in [4.78, 5) is 0. The second kappa shape index (κ2) is 6.60. The maximum atomic E-state index is 12.2. The van der Waals surface area contributed by atoms with E-state index in [-0.39, 0.29) is 18.4 Å². The Kier molecular flexibility index (Phi) is 4.54. The summed E-state index contributed by atoms with van der Waals surface area (Å²) in [5.41, 5.74) is 1.76. The molecule has 0 amide bonds. The van der Waals surface area contributed by atoms with Gasteiger partial charge in [0.2, 0.25) is 10.0 Å². The molecule has 3 rings (SSSR count). The average molecular weight is 333 g/mol. The van der Waals surface area contributed by atoms with Crippen molar-refractivity contribution in [3.05, 3.63) is 59.7 Å². The standard InChI is InChI=1S/C17H19NO4S/c1-13-6-2-3-7-14(13)12-23(19,20)18-10-15-11-21-16-8-4-5-9-17(16)22-15/h2-9,15,18H,10-12H2,1H3/t15-/m0/s1. The lowest BCUT2D eigenvalue weighted by atomic mass is 10.1. The number of para-hydroxylation sites is 2. The molecule has 0 aliphatic carbocycles. The maximum Gasteiger partial charge on any atom is 0.215 e. The summed E-state index contributed by atoms with van der Waals surface area (Å²) in [6.45, 7) is 2.41. The highest BCUT2D eigenvalue weighted by atomic mass is 32.2. The fraction of sp³-hybridized carbons (Fsp3) is 0.294. The van der Waals surface area contributed by atoms with Crippen LogP contribution in [0.2, 0.25) is 0 Å². The molecule has 0 bridgehead atoms. The first-order valence-corrected chi connectivity index (χ1v) is 9.09. The minimum Gasteiger partial charge on any atom is -0.486 e. The molecule has 6 heteroatoms. The highest BCUT2D eigenvalue weighted by Crippen LogP contribution is 2.30. The molecule has 1 atom stereocenters. The fourth-order valence-electron chi connectivity index (χ4n) is 2.41. The Hall–Kier alpha value is -2.05. The topological polar surface area (TPSA) is 64.6 Å². The van der Waals surface area contributed by atoms with E-state index in [0.717, 1.165) is 11.1 Å². The van der Waals surface area contributed by atoms with Crippen molar-refractivity contribution in [3.63, 3.8) is 0 Å². The molecule has 1 heterocycles. The van der Waals surface area contributed by atoms with Crippen LogP contribution in [0.1, 0.15) is 11.1 Å². The lowest BCUT2D eigenvalue weighted by Crippen LogP contribution is -2.41. The van der Waals surface area contributed by atoms with E-state index in [1.165, 1.54) is 0 Å². The van der Waals surface area contributed by atoms with Gasteiger partial charge >= 0.3 is 0 Å². The van der Waals surface area contributed by atoms with Crippen molar-refractivity contribution in [2.75, 3.05) is 13.2 Å². The highest BCUT2D eigenvalue weighted by molar-refractivity contribution is 7.88. The van der Waals surface area contributed by atoms with Crippen molar-refractivity contribution in [3.8, 4) is 11.5 Å². The van der Waals surface area contributed by atoms with E-state index in [1.807, 2.05) is 55.5 Å². The lowest BCUT2D eigenvalue weighted by Gasteiger charge is -2.26. The van der Waals surface area contributed by atoms with Gasteiger partial charge in [-0.2, -0.15) is 0 Å². The molecule has 0 unspecified atom stereocenters. The number of benzene rings is 2. The van der Waals surface area contributed by atoms with E-state index in [9.17, 15) is 8.42 Å². The van der Waals surface area contributed by atoms with E-state index in [0.29, 0.717) is 18.1 Å². The van der Waals surface area contributed by atoms with Gasteiger partial charge in [0.05, 0.1) is 12.3 Å². The summed E-state index contributed by atoms with van der Waals surface area (Å²) in [5, 5.41) is 0. The van der Waals surface area contributed by atoms with Gasteiger partial charge in [-0.1, -0.05) is 36.4 Å². The lowest BCUT2D eigenvalue weighted by molar-refractivity contribution is 0.0943. The first kappa shape index (κ1) is 15.8. The molecule has 0 aromatic heterocycles. The van der Waals surface area contributed by atoms with Crippen molar-refractivity contribution in [1.82, 2.24) is 4.72 Å². The molecule has 1 N–H and O–H groups in total. The Morgan fingerprint density at radius 1 is 1.09 bits per heavy atom. The Balaban J connectivity index is 1.59. The third-order valence-corrected chi connectivity index (χ3v) is 5.00. The van der Waals surface area contributed by atoms with E-state index in [2.05, 4.69) is 4.72 Å². The Labute approximate surface area is 136 Å². The first-order chi connectivity index (χ1) is 11.0. The van der Waals surface area contributed by atoms with Gasteiger partial charge in [-0.15, -0.1) is 0 Å². The summed E-state index contributed by atoms with van der Waals surface area (Å²) in [6.07, 6.45) is -0.337. The first-order valence-electron chi connectivity index (χ1n) is 7.44. The predicted molar refractivity (Wildman–Crippen MR) is 88.2 cm³/mol. The molecule has 1 aliphatic heterocycles. The van der Waals surface area contributed by atoms with Gasteiger partial charge in [-0.05, 0) is 30.2 Å². The molecule has 0 spiro atoms. The van der Waals surface area contributed by atoms with Crippen molar-refractivity contribution in [2.45, 2.75) is 18.8 Å². The number of hydrogen-bond acceptors (Lipinski definition) is 4. The highest BCUT2D eigenvalue weighted by Gasteiger charge is 2.22. The molecule has 0 fully saturated rings. The number of sulfonamides is 1. The van der Waals surface area contributed by atoms with Crippen molar-refractivity contribution in [2.24, 2.45) is 0 Å². The number of nitrogens with one attached hydrogen (secondary N) is 1. The van der Waals surface area contributed by atoms with Crippen LogP contribution in [0.4, 0.5) is 0 Å². The quantitative estimate of drug-likeness (QED) is 0.911. The molecule has 0 radical (unpaired) electrons. The van der Waals surface area contributed by atoms with Gasteiger partial charge in [0.15, 0.2) is 11.5 Å². The van der Waals surface area contributed by atoms with Gasteiger partial charge in [0.1, 0.15) is 12.7 Å². The van der Waals surface area contributed by atoms with Crippen LogP contribution in [0, 0.1) is 6.92 Å². The second-order valence-corrected chi connectivity index (χ2v) is 7.34. The van der Waals surface area contributed by atoms with Crippen molar-refractivity contribution < 1.29 is 17.9 Å². The van der Waals surface area contributed by atoms with Gasteiger partial charge < -0.3 is 9.47 Å². The van der Waals surface area contributed by atoms with Gasteiger partial charge in [-0.3, -0.25) is 0 Å². The van der Waals surface area contributed by atoms with Crippen LogP contribution in [-0.2, 0) is 15.8 Å². The smallest absolute Gasteiger partial charge is 0.215 e. The summed E-state index contributed by atoms with van der Waals surface area (Å²) in [7, 11) is -3.42. The Bertz CT molecular complexity index is 789. The molecule has 122 valence electrons. The number of hydrogen-bond donors (Lipinski definition) is 1. The monoisotopic (exact) mass is 333 g/mol. The third-order valence-electron chi connectivity index (χ3n) is 3.71. The van der Waals surface area contributed by atoms with Crippen LogP contribution in [0.15, 0.2) is 48.5 Å². The van der Waals surface area contributed by atoms with Crippen molar-refractivity contribution in [1.29, 1.82) is 0 Å². The van der Waals surface area contributed by atoms with Crippen LogP contribution in [0.5, 0.6) is 11.5 Å². The Morgan fingerprint density at radius 3 is 2.57 bits per heavy atom. The number of aryl methyl sites for hydroxylation is 1. The molecule has 23 heavy (non-hydrogen) atoms. The summed E-state index contributed by atoms with van der Waals surface area (Å²) in [6, 6.07) is 14.8. The van der Waals surface area contributed by atoms with Crippen LogP contribution in [0.25, 0.3) is 0 Å². The molecule has 0 saturated heterocycles. The SMILES string of the molecule is Cc1ccccc1CS(=O)(=O)NC[C@H]1COc2ccccc2O1. The van der Waals surface area contributed by atoms with Crippen LogP contribution in [-0.4, -0.2) is 27.7 Å². The molecule has 1 aliphatic rings. The molecule has 5 nitrogen and oxygen atoms in total. The average Bonchev–Trinajstić information content (AvgIpc) is 2.55. The summed E-state index contributed by atoms with van der Waals surface area (Å²) < 4.78 is 38.4. The Morgan fingerprint density at radius 2 is 1.78 bits per heavy atom. The van der Waals surface area contributed by atoms with Gasteiger partial charge in [0, 0.05) is 0 Å². The summed E-state index contributed by atoms with van der Waals surface area (Å²) >= 11 is 0. The normalized spacial score (nSPS) is 17.0. The molecule has 0 saturated carbocycles. The molecule has 2 aromatic carbocycles. The third kappa shape index (κ3) is 4.03. The van der Waals surface area contributed by atoms with E-state index < -0.39 is 10.0 Å². The molecule has 2 aromatic rings. The summed E-state index contributed by atoms with van der Waals surface area (Å²) in [5.74, 6) is 1.29. The number of rotatable bonds is 5. The minimum atomic E-state index is -3.42. The van der Waals surface area contributed by atoms with Crippen LogP contribution < -0.4 is 14.2 Å². The van der Waals surface area contributed by atoms with E-state index in [4.69, 9.17) is 9.47 Å². The zero-order valence-electron chi connectivity index (χ0n) is 12.9. The minimum absolute atomic E-state index is 0.0379. The molecular formula is C17H19NO4S. The van der Waals surface area contributed by atoms with E-state index >= 15 is 0 Å². The zero-order chi connectivity index (χ0) is 16.3. The van der Waals surface area contributed by atoms with E-state index in [1.54, 1.807) is 0 Å². The van der Waals surface area contributed by atoms with Gasteiger partial charge in [-0.25, -0.2) is 13.1 Å². The maximum absolute atomic E-state index is 12.2. The second-order valence-electron chi connectivity index (χ2n) is 5.53. The number of ether oxygens (including phenoxy) is 2. The zero-order valence-corrected chi connectivity index (χ0v) is 13.7. The van der Waals surface area contributed by atoms with Gasteiger partial charge in [0.25, 0.3) is 0 Å². The predicted octanol–water partition coefficient (Wildman–Crippen LogP) is 2.25. The fourth-order valence-corrected chi connectivity index (χ4v) is 3.69. The molecular weight excluding hydrogens is 314 g/mol. The van der Waals surface area contributed by atoms with Crippen LogP contribution in [0.3, 0.4) is 0 Å². The van der Waals surface area contributed by atoms with Crippen molar-refractivity contribution >= 4 is 10.0 Å². The number of fused-ring (bicyclic) bond motifs is 1. The van der Waals surface area contributed by atoms with Crippen LogP contribution >= 0.6 is 0 Å².